The summed E-state index contributed by atoms with van der Waals surface area (Å²) in [6.07, 6.45) is 4.00. The number of hydrogen-bond donors (Lipinski definition) is 2. The van der Waals surface area contributed by atoms with Crippen molar-refractivity contribution in [3.05, 3.63) is 35.4 Å². The molecule has 1 aromatic rings. The summed E-state index contributed by atoms with van der Waals surface area (Å²) in [4.78, 5) is 11.9. The summed E-state index contributed by atoms with van der Waals surface area (Å²) < 4.78 is 0. The molecule has 0 bridgehead atoms. The number of aryl methyl sites for hydroxylation is 1. The average molecular weight is 260 g/mol. The van der Waals surface area contributed by atoms with Gasteiger partial charge in [-0.1, -0.05) is 37.6 Å². The van der Waals surface area contributed by atoms with E-state index in [1.54, 1.807) is 0 Å². The molecule has 0 aromatic heterocycles. The van der Waals surface area contributed by atoms with E-state index in [1.165, 1.54) is 11.1 Å². The van der Waals surface area contributed by atoms with E-state index in [1.807, 2.05) is 6.92 Å². The number of rotatable bonds is 6. The Kier molecular flexibility index (Phi) is 4.25. The Morgan fingerprint density at radius 1 is 1.42 bits per heavy atom. The molecular formula is C16H24N2O. The van der Waals surface area contributed by atoms with Gasteiger partial charge in [0.2, 0.25) is 5.91 Å². The van der Waals surface area contributed by atoms with Crippen LogP contribution in [0.3, 0.4) is 0 Å². The van der Waals surface area contributed by atoms with E-state index in [0.29, 0.717) is 6.54 Å². The molecule has 0 radical (unpaired) electrons. The topological polar surface area (TPSA) is 55.1 Å². The van der Waals surface area contributed by atoms with Crippen LogP contribution in [0.1, 0.15) is 43.7 Å². The van der Waals surface area contributed by atoms with E-state index >= 15 is 0 Å². The van der Waals surface area contributed by atoms with Gasteiger partial charge >= 0.3 is 0 Å². The highest BCUT2D eigenvalue weighted by atomic mass is 16.2. The first kappa shape index (κ1) is 14.1. The summed E-state index contributed by atoms with van der Waals surface area (Å²) in [5.41, 5.74) is 8.68. The third kappa shape index (κ3) is 3.16. The Bertz CT molecular complexity index is 452. The molecule has 3 N–H and O–H groups in total. The Hall–Kier alpha value is -1.35. The van der Waals surface area contributed by atoms with E-state index in [4.69, 9.17) is 5.73 Å². The quantitative estimate of drug-likeness (QED) is 0.824. The smallest absolute Gasteiger partial charge is 0.236 e. The van der Waals surface area contributed by atoms with Crippen LogP contribution < -0.4 is 11.1 Å². The second-order valence-electron chi connectivity index (χ2n) is 5.71. The van der Waals surface area contributed by atoms with Crippen LogP contribution in [0.25, 0.3) is 0 Å². The molecule has 104 valence electrons. The zero-order valence-electron chi connectivity index (χ0n) is 11.9. The standard InChI is InChI=1S/C16H24N2O/c1-3-6-14(17)15(19)18-11-16(9-10-16)13-8-5-4-7-12(13)2/h4-5,7-8,14H,3,6,9-11,17H2,1-2H3,(H,18,19). The molecule has 1 fully saturated rings. The second kappa shape index (κ2) is 5.74. The van der Waals surface area contributed by atoms with E-state index in [0.717, 1.165) is 25.7 Å². The zero-order chi connectivity index (χ0) is 13.9. The number of amides is 1. The summed E-state index contributed by atoms with van der Waals surface area (Å²) in [5.74, 6) is -0.0123. The van der Waals surface area contributed by atoms with Gasteiger partial charge in [0.1, 0.15) is 0 Å². The van der Waals surface area contributed by atoms with E-state index < -0.39 is 0 Å². The molecule has 0 saturated heterocycles. The number of benzene rings is 1. The van der Waals surface area contributed by atoms with Gasteiger partial charge in [-0.05, 0) is 37.3 Å². The molecule has 0 aliphatic heterocycles. The Labute approximate surface area is 115 Å². The largest absolute Gasteiger partial charge is 0.354 e. The van der Waals surface area contributed by atoms with Crippen molar-refractivity contribution in [2.75, 3.05) is 6.54 Å². The van der Waals surface area contributed by atoms with Crippen LogP contribution in [0.2, 0.25) is 0 Å². The Morgan fingerprint density at radius 2 is 2.11 bits per heavy atom. The first-order chi connectivity index (χ1) is 9.09. The summed E-state index contributed by atoms with van der Waals surface area (Å²) >= 11 is 0. The van der Waals surface area contributed by atoms with Gasteiger partial charge in [0.15, 0.2) is 0 Å². The fourth-order valence-corrected chi connectivity index (χ4v) is 2.69. The highest BCUT2D eigenvalue weighted by Crippen LogP contribution is 2.48. The maximum Gasteiger partial charge on any atom is 0.236 e. The maximum absolute atomic E-state index is 11.9. The van der Waals surface area contributed by atoms with E-state index in [-0.39, 0.29) is 17.4 Å². The van der Waals surface area contributed by atoms with Crippen LogP contribution in [-0.2, 0) is 10.2 Å². The van der Waals surface area contributed by atoms with Gasteiger partial charge in [-0.25, -0.2) is 0 Å². The van der Waals surface area contributed by atoms with Crippen molar-refractivity contribution in [1.82, 2.24) is 5.32 Å². The van der Waals surface area contributed by atoms with Crippen molar-refractivity contribution in [2.24, 2.45) is 5.73 Å². The van der Waals surface area contributed by atoms with Crippen LogP contribution in [-0.4, -0.2) is 18.5 Å². The lowest BCUT2D eigenvalue weighted by Gasteiger charge is -2.20. The summed E-state index contributed by atoms with van der Waals surface area (Å²) in [5, 5.41) is 3.03. The highest BCUT2D eigenvalue weighted by Gasteiger charge is 2.45. The summed E-state index contributed by atoms with van der Waals surface area (Å²) in [7, 11) is 0. The lowest BCUT2D eigenvalue weighted by atomic mass is 9.92. The third-order valence-corrected chi connectivity index (χ3v) is 4.11. The van der Waals surface area contributed by atoms with Gasteiger partial charge in [0.05, 0.1) is 6.04 Å². The fourth-order valence-electron chi connectivity index (χ4n) is 2.69. The van der Waals surface area contributed by atoms with Crippen LogP contribution in [0, 0.1) is 6.92 Å². The van der Waals surface area contributed by atoms with Crippen molar-refractivity contribution in [3.63, 3.8) is 0 Å². The van der Waals surface area contributed by atoms with E-state index in [2.05, 4.69) is 36.5 Å². The molecule has 3 nitrogen and oxygen atoms in total. The Balaban J connectivity index is 1.96. The second-order valence-corrected chi connectivity index (χ2v) is 5.71. The maximum atomic E-state index is 11.9. The van der Waals surface area contributed by atoms with Gasteiger partial charge in [-0.15, -0.1) is 0 Å². The monoisotopic (exact) mass is 260 g/mol. The van der Waals surface area contributed by atoms with Crippen LogP contribution in [0.15, 0.2) is 24.3 Å². The molecule has 0 heterocycles. The van der Waals surface area contributed by atoms with Gasteiger partial charge in [0.25, 0.3) is 0 Å². The Morgan fingerprint density at radius 3 is 2.68 bits per heavy atom. The molecular weight excluding hydrogens is 236 g/mol. The molecule has 2 rings (SSSR count). The lowest BCUT2D eigenvalue weighted by Crippen LogP contribution is -2.43. The molecule has 19 heavy (non-hydrogen) atoms. The molecule has 1 saturated carbocycles. The predicted octanol–water partition coefficient (Wildman–Crippen LogP) is 2.27. The van der Waals surface area contributed by atoms with Gasteiger partial charge in [-0.3, -0.25) is 4.79 Å². The molecule has 1 aliphatic rings. The van der Waals surface area contributed by atoms with Crippen LogP contribution >= 0.6 is 0 Å². The van der Waals surface area contributed by atoms with Crippen LogP contribution in [0.4, 0.5) is 0 Å². The molecule has 3 heteroatoms. The molecule has 1 aliphatic carbocycles. The van der Waals surface area contributed by atoms with Crippen molar-refractivity contribution < 1.29 is 4.79 Å². The number of nitrogens with one attached hydrogen (secondary N) is 1. The predicted molar refractivity (Wildman–Crippen MR) is 78.0 cm³/mol. The molecule has 0 spiro atoms. The molecule has 1 atom stereocenters. The normalized spacial score (nSPS) is 17.8. The number of hydrogen-bond acceptors (Lipinski definition) is 2. The van der Waals surface area contributed by atoms with Gasteiger partial charge in [-0.2, -0.15) is 0 Å². The van der Waals surface area contributed by atoms with Crippen LogP contribution in [0.5, 0.6) is 0 Å². The van der Waals surface area contributed by atoms with Gasteiger partial charge in [0, 0.05) is 12.0 Å². The third-order valence-electron chi connectivity index (χ3n) is 4.11. The summed E-state index contributed by atoms with van der Waals surface area (Å²) in [6.45, 7) is 4.90. The highest BCUT2D eigenvalue weighted by molar-refractivity contribution is 5.81. The average Bonchev–Trinajstić information content (AvgIpc) is 3.18. The van der Waals surface area contributed by atoms with Crippen molar-refractivity contribution in [3.8, 4) is 0 Å². The minimum Gasteiger partial charge on any atom is -0.354 e. The number of carbonyl (C=O) groups is 1. The first-order valence-electron chi connectivity index (χ1n) is 7.18. The minimum atomic E-state index is -0.363. The van der Waals surface area contributed by atoms with Crippen molar-refractivity contribution in [1.29, 1.82) is 0 Å². The van der Waals surface area contributed by atoms with Crippen molar-refractivity contribution in [2.45, 2.75) is 51.0 Å². The molecule has 1 aromatic carbocycles. The number of carbonyl (C=O) groups excluding carboxylic acids is 1. The van der Waals surface area contributed by atoms with E-state index in [9.17, 15) is 4.79 Å². The zero-order valence-corrected chi connectivity index (χ0v) is 11.9. The molecule has 1 amide bonds. The molecule has 1 unspecified atom stereocenters. The minimum absolute atomic E-state index is 0.0123. The fraction of sp³-hybridized carbons (Fsp3) is 0.562. The van der Waals surface area contributed by atoms with Gasteiger partial charge < -0.3 is 11.1 Å². The SMILES string of the molecule is CCCC(N)C(=O)NCC1(c2ccccc2C)CC1. The first-order valence-corrected chi connectivity index (χ1v) is 7.18. The van der Waals surface area contributed by atoms with Crippen molar-refractivity contribution >= 4 is 5.91 Å². The summed E-state index contributed by atoms with van der Waals surface area (Å²) in [6, 6.07) is 8.09. The number of nitrogens with two attached hydrogens (primary N) is 1. The lowest BCUT2D eigenvalue weighted by molar-refractivity contribution is -0.122.